The van der Waals surface area contributed by atoms with Crippen molar-refractivity contribution in [3.63, 3.8) is 0 Å². The van der Waals surface area contributed by atoms with Crippen LogP contribution < -0.4 is 4.74 Å². The Balaban J connectivity index is 1.90. The highest BCUT2D eigenvalue weighted by atomic mass is 16.5. The molecule has 1 heterocycles. The van der Waals surface area contributed by atoms with Crippen molar-refractivity contribution in [2.45, 2.75) is 70.8 Å². The van der Waals surface area contributed by atoms with Crippen LogP contribution in [0, 0.1) is 5.92 Å². The Labute approximate surface area is 134 Å². The molecule has 1 fully saturated rings. The van der Waals surface area contributed by atoms with Crippen LogP contribution in [0.15, 0.2) is 24.3 Å². The highest BCUT2D eigenvalue weighted by molar-refractivity contribution is 5.52. The number of ether oxygens (including phenoxy) is 1. The molecular formula is C20H28O2. The Morgan fingerprint density at radius 1 is 1.32 bits per heavy atom. The summed E-state index contributed by atoms with van der Waals surface area (Å²) >= 11 is 0. The molecule has 1 aromatic carbocycles. The normalized spacial score (nSPS) is 26.2. The molecule has 0 aromatic heterocycles. The van der Waals surface area contributed by atoms with E-state index >= 15 is 0 Å². The summed E-state index contributed by atoms with van der Waals surface area (Å²) in [7, 11) is 0. The van der Waals surface area contributed by atoms with Crippen molar-refractivity contribution in [1.82, 2.24) is 0 Å². The van der Waals surface area contributed by atoms with E-state index in [9.17, 15) is 5.11 Å². The zero-order valence-electron chi connectivity index (χ0n) is 13.9. The van der Waals surface area contributed by atoms with Gasteiger partial charge >= 0.3 is 0 Å². The van der Waals surface area contributed by atoms with E-state index in [1.54, 1.807) is 0 Å². The first-order chi connectivity index (χ1) is 10.6. The van der Waals surface area contributed by atoms with Gasteiger partial charge in [0.2, 0.25) is 0 Å². The third kappa shape index (κ3) is 2.88. The van der Waals surface area contributed by atoms with Crippen LogP contribution in [0.1, 0.15) is 69.4 Å². The number of fused-ring (bicyclic) bond motifs is 4. The predicted octanol–water partition coefficient (Wildman–Crippen LogP) is 5.35. The average Bonchev–Trinajstić information content (AvgIpc) is 2.46. The largest absolute Gasteiger partial charge is 0.508 e. The van der Waals surface area contributed by atoms with Crippen molar-refractivity contribution < 1.29 is 9.84 Å². The number of phenols is 1. The standard InChI is InChI=1S/C20H28O2/c1-4-5-6-7-14-10-18(21)20-17-12-15(22-19(20)11-14)8-9-16(17)13(2)3/h10-11,15-17,21H,2,4-9,12H2,1,3H3/t15?,16-,17?/m0/s1. The lowest BCUT2D eigenvalue weighted by atomic mass is 9.69. The number of aryl methyl sites for hydroxylation is 1. The number of hydrogen-bond acceptors (Lipinski definition) is 2. The van der Waals surface area contributed by atoms with E-state index in [0.717, 1.165) is 37.0 Å². The lowest BCUT2D eigenvalue weighted by Gasteiger charge is -2.42. The second kappa shape index (κ2) is 6.36. The second-order valence-corrected chi connectivity index (χ2v) is 7.10. The number of hydrogen-bond donors (Lipinski definition) is 1. The van der Waals surface area contributed by atoms with Crippen LogP contribution >= 0.6 is 0 Å². The Morgan fingerprint density at radius 3 is 2.86 bits per heavy atom. The van der Waals surface area contributed by atoms with Crippen molar-refractivity contribution in [3.05, 3.63) is 35.4 Å². The third-order valence-electron chi connectivity index (χ3n) is 5.35. The summed E-state index contributed by atoms with van der Waals surface area (Å²) in [6.07, 6.45) is 8.23. The fourth-order valence-electron chi connectivity index (χ4n) is 4.19. The molecule has 2 aliphatic rings. The Morgan fingerprint density at radius 2 is 2.14 bits per heavy atom. The molecule has 1 N–H and O–H groups in total. The van der Waals surface area contributed by atoms with Crippen LogP contribution in [0.5, 0.6) is 11.5 Å². The monoisotopic (exact) mass is 300 g/mol. The van der Waals surface area contributed by atoms with Gasteiger partial charge in [-0.2, -0.15) is 0 Å². The number of unbranched alkanes of at least 4 members (excludes halogenated alkanes) is 2. The SMILES string of the molecule is C=C(C)[C@@H]1CCC2CC1c1c(O)cc(CCCCC)cc1O2. The summed E-state index contributed by atoms with van der Waals surface area (Å²) in [5, 5.41) is 10.6. The molecule has 3 rings (SSSR count). The van der Waals surface area contributed by atoms with Crippen molar-refractivity contribution in [3.8, 4) is 11.5 Å². The van der Waals surface area contributed by atoms with Gasteiger partial charge in [0, 0.05) is 11.5 Å². The average molecular weight is 300 g/mol. The van der Waals surface area contributed by atoms with Gasteiger partial charge in [-0.3, -0.25) is 0 Å². The molecule has 1 aliphatic carbocycles. The minimum Gasteiger partial charge on any atom is -0.508 e. The van der Waals surface area contributed by atoms with Crippen molar-refractivity contribution in [1.29, 1.82) is 0 Å². The van der Waals surface area contributed by atoms with Gasteiger partial charge in [-0.25, -0.2) is 0 Å². The van der Waals surface area contributed by atoms with E-state index in [1.165, 1.54) is 30.4 Å². The number of benzene rings is 1. The smallest absolute Gasteiger partial charge is 0.127 e. The van der Waals surface area contributed by atoms with Crippen LogP contribution in [-0.2, 0) is 6.42 Å². The molecule has 2 bridgehead atoms. The first-order valence-electron chi connectivity index (χ1n) is 8.78. The van der Waals surface area contributed by atoms with Gasteiger partial charge < -0.3 is 9.84 Å². The minimum atomic E-state index is 0.318. The predicted molar refractivity (Wildman–Crippen MR) is 90.6 cm³/mol. The van der Waals surface area contributed by atoms with Gasteiger partial charge in [0.15, 0.2) is 0 Å². The quantitative estimate of drug-likeness (QED) is 0.587. The van der Waals surface area contributed by atoms with E-state index in [-0.39, 0.29) is 0 Å². The van der Waals surface area contributed by atoms with Crippen LogP contribution in [0.4, 0.5) is 0 Å². The van der Waals surface area contributed by atoms with Gasteiger partial charge in [0.25, 0.3) is 0 Å². The van der Waals surface area contributed by atoms with Crippen LogP contribution in [0.3, 0.4) is 0 Å². The maximum absolute atomic E-state index is 10.6. The van der Waals surface area contributed by atoms with Crippen molar-refractivity contribution in [2.75, 3.05) is 0 Å². The van der Waals surface area contributed by atoms with E-state index in [1.807, 2.05) is 6.07 Å². The number of aromatic hydroxyl groups is 1. The summed E-state index contributed by atoms with van der Waals surface area (Å²) in [4.78, 5) is 0. The Hall–Kier alpha value is -1.44. The van der Waals surface area contributed by atoms with Crippen LogP contribution in [0.2, 0.25) is 0 Å². The van der Waals surface area contributed by atoms with E-state index in [2.05, 4.69) is 26.5 Å². The fourth-order valence-corrected chi connectivity index (χ4v) is 4.19. The summed E-state index contributed by atoms with van der Waals surface area (Å²) in [6, 6.07) is 4.13. The zero-order valence-corrected chi connectivity index (χ0v) is 13.9. The topological polar surface area (TPSA) is 29.5 Å². The Kier molecular flexibility index (Phi) is 4.46. The Bertz CT molecular complexity index is 561. The van der Waals surface area contributed by atoms with Crippen molar-refractivity contribution in [2.24, 2.45) is 5.92 Å². The number of allylic oxidation sites excluding steroid dienone is 1. The molecule has 0 saturated heterocycles. The first kappa shape index (κ1) is 15.5. The van der Waals surface area contributed by atoms with E-state index in [0.29, 0.717) is 23.7 Å². The minimum absolute atomic E-state index is 0.318. The van der Waals surface area contributed by atoms with Crippen molar-refractivity contribution >= 4 is 0 Å². The molecule has 2 heteroatoms. The molecule has 0 amide bonds. The molecule has 0 radical (unpaired) electrons. The number of phenolic OH excluding ortho intramolecular Hbond substituents is 1. The van der Waals surface area contributed by atoms with Crippen LogP contribution in [0.25, 0.3) is 0 Å². The fraction of sp³-hybridized carbons (Fsp3) is 0.600. The van der Waals surface area contributed by atoms with Gasteiger partial charge in [0.1, 0.15) is 11.5 Å². The number of rotatable bonds is 5. The lowest BCUT2D eigenvalue weighted by molar-refractivity contribution is 0.0972. The van der Waals surface area contributed by atoms with E-state index in [4.69, 9.17) is 4.74 Å². The molecule has 120 valence electrons. The molecule has 1 aromatic rings. The molecule has 2 nitrogen and oxygen atoms in total. The first-order valence-corrected chi connectivity index (χ1v) is 8.78. The highest BCUT2D eigenvalue weighted by Gasteiger charge is 2.40. The maximum Gasteiger partial charge on any atom is 0.127 e. The summed E-state index contributed by atoms with van der Waals surface area (Å²) in [5.74, 6) is 2.22. The second-order valence-electron chi connectivity index (χ2n) is 7.10. The zero-order chi connectivity index (χ0) is 15.7. The summed E-state index contributed by atoms with van der Waals surface area (Å²) in [6.45, 7) is 8.51. The highest BCUT2D eigenvalue weighted by Crippen LogP contribution is 2.52. The third-order valence-corrected chi connectivity index (χ3v) is 5.35. The van der Waals surface area contributed by atoms with Gasteiger partial charge in [-0.05, 0) is 62.6 Å². The maximum atomic E-state index is 10.6. The molecule has 22 heavy (non-hydrogen) atoms. The molecule has 1 aliphatic heterocycles. The molecule has 0 spiro atoms. The molecule has 3 atom stereocenters. The van der Waals surface area contributed by atoms with E-state index < -0.39 is 0 Å². The summed E-state index contributed by atoms with van der Waals surface area (Å²) in [5.41, 5.74) is 3.47. The van der Waals surface area contributed by atoms with Gasteiger partial charge in [-0.15, -0.1) is 0 Å². The summed E-state index contributed by atoms with van der Waals surface area (Å²) < 4.78 is 6.17. The van der Waals surface area contributed by atoms with Gasteiger partial charge in [0.05, 0.1) is 6.10 Å². The lowest BCUT2D eigenvalue weighted by Crippen LogP contribution is -2.35. The molecule has 2 unspecified atom stereocenters. The van der Waals surface area contributed by atoms with Crippen LogP contribution in [-0.4, -0.2) is 11.2 Å². The molecule has 1 saturated carbocycles. The molecular weight excluding hydrogens is 272 g/mol. The van der Waals surface area contributed by atoms with Gasteiger partial charge in [-0.1, -0.05) is 31.9 Å².